The van der Waals surface area contributed by atoms with Gasteiger partial charge in [-0.3, -0.25) is 0 Å². The molecule has 2 atom stereocenters. The lowest BCUT2D eigenvalue weighted by molar-refractivity contribution is 0.258. The normalized spacial score (nSPS) is 21.8. The number of likely N-dealkylation sites (N-methyl/N-ethyl adjacent to an activating group) is 1. The van der Waals surface area contributed by atoms with E-state index in [9.17, 15) is 0 Å². The SMILES string of the molecule is CC(N)c1ccc(N2CCCC(N(C)C)C2)c(Cl)c1. The lowest BCUT2D eigenvalue weighted by atomic mass is 10.0. The summed E-state index contributed by atoms with van der Waals surface area (Å²) < 4.78 is 0. The van der Waals surface area contributed by atoms with Gasteiger partial charge in [-0.1, -0.05) is 17.7 Å². The predicted molar refractivity (Wildman–Crippen MR) is 83.0 cm³/mol. The smallest absolute Gasteiger partial charge is 0.0642 e. The van der Waals surface area contributed by atoms with Crippen LogP contribution in [0, 0.1) is 0 Å². The molecule has 0 aromatic heterocycles. The van der Waals surface area contributed by atoms with Crippen LogP contribution in [0.15, 0.2) is 18.2 Å². The Morgan fingerprint density at radius 1 is 1.42 bits per heavy atom. The van der Waals surface area contributed by atoms with Crippen molar-refractivity contribution in [3.05, 3.63) is 28.8 Å². The molecule has 0 radical (unpaired) electrons. The van der Waals surface area contributed by atoms with Crippen molar-refractivity contribution >= 4 is 17.3 Å². The average molecular weight is 282 g/mol. The number of benzene rings is 1. The predicted octanol–water partition coefficient (Wildman–Crippen LogP) is 2.89. The van der Waals surface area contributed by atoms with Gasteiger partial charge in [0.25, 0.3) is 0 Å². The largest absolute Gasteiger partial charge is 0.369 e. The van der Waals surface area contributed by atoms with Crippen LogP contribution in [-0.4, -0.2) is 38.1 Å². The zero-order chi connectivity index (χ0) is 14.0. The van der Waals surface area contributed by atoms with E-state index in [0.29, 0.717) is 6.04 Å². The summed E-state index contributed by atoms with van der Waals surface area (Å²) in [6.07, 6.45) is 2.48. The Balaban J connectivity index is 2.17. The average Bonchev–Trinajstić information content (AvgIpc) is 2.38. The Morgan fingerprint density at radius 2 is 2.16 bits per heavy atom. The van der Waals surface area contributed by atoms with Gasteiger partial charge in [0, 0.05) is 25.2 Å². The topological polar surface area (TPSA) is 32.5 Å². The minimum atomic E-state index is 0.0300. The maximum atomic E-state index is 6.42. The number of anilines is 1. The number of nitrogens with two attached hydrogens (primary N) is 1. The summed E-state index contributed by atoms with van der Waals surface area (Å²) in [7, 11) is 4.30. The maximum absolute atomic E-state index is 6.42. The second kappa shape index (κ2) is 6.12. The van der Waals surface area contributed by atoms with Crippen molar-refractivity contribution in [3.63, 3.8) is 0 Å². The number of hydrogen-bond acceptors (Lipinski definition) is 3. The molecule has 1 heterocycles. The molecule has 3 nitrogen and oxygen atoms in total. The van der Waals surface area contributed by atoms with E-state index in [0.717, 1.165) is 29.4 Å². The fourth-order valence-electron chi connectivity index (χ4n) is 2.66. The van der Waals surface area contributed by atoms with Crippen LogP contribution in [0.3, 0.4) is 0 Å². The minimum Gasteiger partial charge on any atom is -0.369 e. The number of rotatable bonds is 3. The Bertz CT molecular complexity index is 431. The molecule has 0 spiro atoms. The molecule has 1 fully saturated rings. The monoisotopic (exact) mass is 281 g/mol. The van der Waals surface area contributed by atoms with Crippen LogP contribution >= 0.6 is 11.6 Å². The molecule has 0 bridgehead atoms. The minimum absolute atomic E-state index is 0.0300. The first-order chi connectivity index (χ1) is 8.99. The van der Waals surface area contributed by atoms with Crippen molar-refractivity contribution in [1.82, 2.24) is 4.90 Å². The third-order valence-corrected chi connectivity index (χ3v) is 4.27. The van der Waals surface area contributed by atoms with E-state index < -0.39 is 0 Å². The second-order valence-electron chi connectivity index (χ2n) is 5.71. The molecule has 0 amide bonds. The molecule has 1 saturated heterocycles. The van der Waals surface area contributed by atoms with Gasteiger partial charge in [-0.15, -0.1) is 0 Å². The summed E-state index contributed by atoms with van der Waals surface area (Å²) >= 11 is 6.42. The first-order valence-electron chi connectivity index (χ1n) is 6.95. The van der Waals surface area contributed by atoms with E-state index in [1.807, 2.05) is 13.0 Å². The van der Waals surface area contributed by atoms with Crippen LogP contribution in [0.2, 0.25) is 5.02 Å². The lowest BCUT2D eigenvalue weighted by Crippen LogP contribution is -2.45. The zero-order valence-electron chi connectivity index (χ0n) is 12.1. The first-order valence-corrected chi connectivity index (χ1v) is 7.33. The van der Waals surface area contributed by atoms with E-state index in [1.165, 1.54) is 12.8 Å². The Labute approximate surface area is 121 Å². The highest BCUT2D eigenvalue weighted by Crippen LogP contribution is 2.31. The van der Waals surface area contributed by atoms with Crippen molar-refractivity contribution in [3.8, 4) is 0 Å². The van der Waals surface area contributed by atoms with Crippen LogP contribution in [0.5, 0.6) is 0 Å². The molecule has 2 rings (SSSR count). The van der Waals surface area contributed by atoms with Gasteiger partial charge in [0.05, 0.1) is 10.7 Å². The van der Waals surface area contributed by atoms with Crippen molar-refractivity contribution in [2.75, 3.05) is 32.1 Å². The molecular weight excluding hydrogens is 258 g/mol. The molecule has 0 aliphatic carbocycles. The molecule has 1 aliphatic heterocycles. The zero-order valence-corrected chi connectivity index (χ0v) is 12.8. The molecule has 4 heteroatoms. The van der Waals surface area contributed by atoms with Crippen molar-refractivity contribution in [2.24, 2.45) is 5.73 Å². The lowest BCUT2D eigenvalue weighted by Gasteiger charge is -2.38. The molecule has 19 heavy (non-hydrogen) atoms. The Hall–Kier alpha value is -0.770. The molecular formula is C15H24ClN3. The molecule has 1 aromatic rings. The van der Waals surface area contributed by atoms with Gasteiger partial charge in [0.1, 0.15) is 0 Å². The van der Waals surface area contributed by atoms with E-state index in [-0.39, 0.29) is 6.04 Å². The van der Waals surface area contributed by atoms with Crippen LogP contribution in [0.4, 0.5) is 5.69 Å². The van der Waals surface area contributed by atoms with Crippen molar-refractivity contribution in [2.45, 2.75) is 31.8 Å². The molecule has 1 aromatic carbocycles. The van der Waals surface area contributed by atoms with Gasteiger partial charge in [0.2, 0.25) is 0 Å². The van der Waals surface area contributed by atoms with Gasteiger partial charge in [-0.2, -0.15) is 0 Å². The highest BCUT2D eigenvalue weighted by atomic mass is 35.5. The van der Waals surface area contributed by atoms with Crippen LogP contribution in [-0.2, 0) is 0 Å². The number of nitrogens with zero attached hydrogens (tertiary/aromatic N) is 2. The highest BCUT2D eigenvalue weighted by molar-refractivity contribution is 6.33. The van der Waals surface area contributed by atoms with Crippen LogP contribution in [0.1, 0.15) is 31.4 Å². The quantitative estimate of drug-likeness (QED) is 0.925. The third-order valence-electron chi connectivity index (χ3n) is 3.97. The van der Waals surface area contributed by atoms with Gasteiger partial charge in [-0.05, 0) is 51.6 Å². The number of hydrogen-bond donors (Lipinski definition) is 1. The first kappa shape index (κ1) is 14.6. The van der Waals surface area contributed by atoms with Gasteiger partial charge < -0.3 is 15.5 Å². The summed E-state index contributed by atoms with van der Waals surface area (Å²) in [5.74, 6) is 0. The molecule has 106 valence electrons. The standard InChI is InChI=1S/C15H24ClN3/c1-11(17)12-6-7-15(14(16)9-12)19-8-4-5-13(10-19)18(2)3/h6-7,9,11,13H,4-5,8,10,17H2,1-3H3. The molecule has 0 saturated carbocycles. The van der Waals surface area contributed by atoms with E-state index in [2.05, 4.69) is 36.0 Å². The summed E-state index contributed by atoms with van der Waals surface area (Å²) in [5, 5.41) is 0.814. The highest BCUT2D eigenvalue weighted by Gasteiger charge is 2.23. The summed E-state index contributed by atoms with van der Waals surface area (Å²) in [5.41, 5.74) is 8.12. The van der Waals surface area contributed by atoms with E-state index >= 15 is 0 Å². The number of halogens is 1. The summed E-state index contributed by atoms with van der Waals surface area (Å²) in [4.78, 5) is 4.69. The van der Waals surface area contributed by atoms with Crippen molar-refractivity contribution < 1.29 is 0 Å². The maximum Gasteiger partial charge on any atom is 0.0642 e. The summed E-state index contributed by atoms with van der Waals surface area (Å²) in [6, 6.07) is 6.84. The van der Waals surface area contributed by atoms with Crippen molar-refractivity contribution in [1.29, 1.82) is 0 Å². The molecule has 1 aliphatic rings. The Kier molecular flexibility index (Phi) is 4.71. The fourth-order valence-corrected chi connectivity index (χ4v) is 2.97. The molecule has 2 unspecified atom stereocenters. The van der Waals surface area contributed by atoms with Crippen LogP contribution < -0.4 is 10.6 Å². The van der Waals surface area contributed by atoms with Gasteiger partial charge in [-0.25, -0.2) is 0 Å². The van der Waals surface area contributed by atoms with Crippen LogP contribution in [0.25, 0.3) is 0 Å². The van der Waals surface area contributed by atoms with E-state index in [4.69, 9.17) is 17.3 Å². The van der Waals surface area contributed by atoms with Gasteiger partial charge >= 0.3 is 0 Å². The van der Waals surface area contributed by atoms with Gasteiger partial charge in [0.15, 0.2) is 0 Å². The Morgan fingerprint density at radius 3 is 2.74 bits per heavy atom. The fraction of sp³-hybridized carbons (Fsp3) is 0.600. The number of piperidine rings is 1. The van der Waals surface area contributed by atoms with E-state index in [1.54, 1.807) is 0 Å². The second-order valence-corrected chi connectivity index (χ2v) is 6.11. The summed E-state index contributed by atoms with van der Waals surface area (Å²) in [6.45, 7) is 4.11. The third kappa shape index (κ3) is 3.41. The molecule has 2 N–H and O–H groups in total.